The second-order valence-electron chi connectivity index (χ2n) is 7.58. The number of likely N-dealkylation sites (tertiary alicyclic amines) is 1. The summed E-state index contributed by atoms with van der Waals surface area (Å²) < 4.78 is 5.65. The maximum atomic E-state index is 11.8. The number of nitrogens with one attached hydrogen (secondary N) is 3. The fourth-order valence-corrected chi connectivity index (χ4v) is 3.13. The van der Waals surface area contributed by atoms with Gasteiger partial charge in [-0.1, -0.05) is 0 Å². The molecule has 8 heteroatoms. The van der Waals surface area contributed by atoms with Crippen molar-refractivity contribution in [2.75, 3.05) is 26.2 Å². The van der Waals surface area contributed by atoms with Crippen LogP contribution in [-0.4, -0.2) is 54.0 Å². The highest BCUT2D eigenvalue weighted by molar-refractivity contribution is 5.78. The SMILES string of the molecule is Cc1nc(CN2CCC(CNC(=O)NCCC(=O)NC(C)C)CC2)oc1C. The van der Waals surface area contributed by atoms with E-state index in [2.05, 4.69) is 25.8 Å². The Labute approximate surface area is 161 Å². The van der Waals surface area contributed by atoms with Gasteiger partial charge in [-0.25, -0.2) is 9.78 Å². The average molecular weight is 380 g/mol. The minimum atomic E-state index is -0.208. The Morgan fingerprint density at radius 2 is 1.93 bits per heavy atom. The number of rotatable bonds is 8. The number of hydrogen-bond acceptors (Lipinski definition) is 5. The van der Waals surface area contributed by atoms with Gasteiger partial charge < -0.3 is 20.4 Å². The van der Waals surface area contributed by atoms with Crippen LogP contribution in [0.5, 0.6) is 0 Å². The van der Waals surface area contributed by atoms with Gasteiger partial charge in [0.25, 0.3) is 0 Å². The molecule has 1 aliphatic heterocycles. The zero-order valence-corrected chi connectivity index (χ0v) is 16.9. The van der Waals surface area contributed by atoms with Crippen molar-refractivity contribution in [1.82, 2.24) is 25.8 Å². The van der Waals surface area contributed by atoms with Crippen molar-refractivity contribution >= 4 is 11.9 Å². The van der Waals surface area contributed by atoms with Gasteiger partial charge in [0, 0.05) is 25.6 Å². The second-order valence-corrected chi connectivity index (χ2v) is 7.58. The Kier molecular flexibility index (Phi) is 8.09. The number of aromatic nitrogens is 1. The number of carbonyl (C=O) groups is 2. The third kappa shape index (κ3) is 7.58. The summed E-state index contributed by atoms with van der Waals surface area (Å²) >= 11 is 0. The lowest BCUT2D eigenvalue weighted by atomic mass is 9.97. The smallest absolute Gasteiger partial charge is 0.314 e. The summed E-state index contributed by atoms with van der Waals surface area (Å²) in [5.41, 5.74) is 0.955. The van der Waals surface area contributed by atoms with E-state index in [0.717, 1.165) is 49.8 Å². The number of oxazole rings is 1. The van der Waals surface area contributed by atoms with Crippen LogP contribution in [-0.2, 0) is 11.3 Å². The van der Waals surface area contributed by atoms with Crippen molar-refractivity contribution in [2.24, 2.45) is 5.92 Å². The van der Waals surface area contributed by atoms with Crippen LogP contribution >= 0.6 is 0 Å². The number of amides is 3. The first-order valence-corrected chi connectivity index (χ1v) is 9.79. The van der Waals surface area contributed by atoms with Crippen LogP contribution in [0, 0.1) is 19.8 Å². The van der Waals surface area contributed by atoms with Crippen LogP contribution in [0.3, 0.4) is 0 Å². The molecule has 0 atom stereocenters. The summed E-state index contributed by atoms with van der Waals surface area (Å²) in [4.78, 5) is 30.1. The van der Waals surface area contributed by atoms with Crippen molar-refractivity contribution in [3.63, 3.8) is 0 Å². The summed E-state index contributed by atoms with van der Waals surface area (Å²) in [5.74, 6) is 2.10. The molecule has 1 aromatic rings. The first-order valence-electron chi connectivity index (χ1n) is 9.79. The van der Waals surface area contributed by atoms with Crippen LogP contribution in [0.4, 0.5) is 4.79 Å². The number of aryl methyl sites for hydroxylation is 2. The number of hydrogen-bond donors (Lipinski definition) is 3. The Morgan fingerprint density at radius 3 is 2.52 bits per heavy atom. The highest BCUT2D eigenvalue weighted by atomic mass is 16.4. The van der Waals surface area contributed by atoms with E-state index in [-0.39, 0.29) is 18.0 Å². The molecule has 0 aliphatic carbocycles. The molecule has 2 rings (SSSR count). The molecule has 3 N–H and O–H groups in total. The minimum Gasteiger partial charge on any atom is -0.444 e. The fourth-order valence-electron chi connectivity index (χ4n) is 3.13. The zero-order valence-electron chi connectivity index (χ0n) is 16.9. The van der Waals surface area contributed by atoms with E-state index in [4.69, 9.17) is 4.42 Å². The summed E-state index contributed by atoms with van der Waals surface area (Å²) in [6.07, 6.45) is 2.37. The van der Waals surface area contributed by atoms with Crippen LogP contribution < -0.4 is 16.0 Å². The number of piperidine rings is 1. The highest BCUT2D eigenvalue weighted by Gasteiger charge is 2.21. The predicted molar refractivity (Wildman–Crippen MR) is 103 cm³/mol. The Morgan fingerprint density at radius 1 is 1.22 bits per heavy atom. The van der Waals surface area contributed by atoms with E-state index in [0.29, 0.717) is 25.4 Å². The van der Waals surface area contributed by atoms with Gasteiger partial charge >= 0.3 is 6.03 Å². The highest BCUT2D eigenvalue weighted by Crippen LogP contribution is 2.19. The summed E-state index contributed by atoms with van der Waals surface area (Å²) in [6, 6.07) is -0.0886. The number of nitrogens with zero attached hydrogens (tertiary/aromatic N) is 2. The van der Waals surface area contributed by atoms with Crippen molar-refractivity contribution in [3.05, 3.63) is 17.3 Å². The van der Waals surface area contributed by atoms with Gasteiger partial charge in [0.15, 0.2) is 0 Å². The minimum absolute atomic E-state index is 0.0471. The van der Waals surface area contributed by atoms with Crippen LogP contribution in [0.1, 0.15) is 50.5 Å². The standard InChI is InChI=1S/C19H33N5O3/c1-13(2)22-17(25)5-8-20-19(26)21-11-16-6-9-24(10-7-16)12-18-23-14(3)15(4)27-18/h13,16H,5-12H2,1-4H3,(H,22,25)(H2,20,21,26). The first kappa shape index (κ1) is 21.2. The molecule has 1 saturated heterocycles. The molecular formula is C19H33N5O3. The topological polar surface area (TPSA) is 99.5 Å². The Balaban J connectivity index is 1.57. The number of urea groups is 1. The fraction of sp³-hybridized carbons (Fsp3) is 0.737. The molecule has 0 aromatic carbocycles. The van der Waals surface area contributed by atoms with Crippen molar-refractivity contribution in [2.45, 2.75) is 59.5 Å². The second kappa shape index (κ2) is 10.3. The summed E-state index contributed by atoms with van der Waals surface area (Å²) in [5, 5.41) is 8.44. The van der Waals surface area contributed by atoms with E-state index in [1.807, 2.05) is 27.7 Å². The van der Waals surface area contributed by atoms with Gasteiger partial charge in [0.1, 0.15) is 5.76 Å². The van der Waals surface area contributed by atoms with Gasteiger partial charge in [0.05, 0.1) is 12.2 Å². The van der Waals surface area contributed by atoms with E-state index >= 15 is 0 Å². The van der Waals surface area contributed by atoms with E-state index in [9.17, 15) is 9.59 Å². The lowest BCUT2D eigenvalue weighted by Crippen LogP contribution is -2.42. The monoisotopic (exact) mass is 379 g/mol. The van der Waals surface area contributed by atoms with Crippen LogP contribution in [0.2, 0.25) is 0 Å². The first-order chi connectivity index (χ1) is 12.8. The molecule has 2 heterocycles. The molecule has 3 amide bonds. The van der Waals surface area contributed by atoms with Gasteiger partial charge in [-0.05, 0) is 59.5 Å². The maximum Gasteiger partial charge on any atom is 0.314 e. The molecular weight excluding hydrogens is 346 g/mol. The average Bonchev–Trinajstić information content (AvgIpc) is 2.91. The largest absolute Gasteiger partial charge is 0.444 e. The van der Waals surface area contributed by atoms with Gasteiger partial charge in [-0.2, -0.15) is 0 Å². The Bertz CT molecular complexity index is 601. The molecule has 0 radical (unpaired) electrons. The predicted octanol–water partition coefficient (Wildman–Crippen LogP) is 1.72. The van der Waals surface area contributed by atoms with E-state index in [1.165, 1.54) is 0 Å². The van der Waals surface area contributed by atoms with Crippen molar-refractivity contribution < 1.29 is 14.0 Å². The maximum absolute atomic E-state index is 11.8. The molecule has 0 spiro atoms. The molecule has 1 fully saturated rings. The van der Waals surface area contributed by atoms with Gasteiger partial charge in [-0.3, -0.25) is 9.69 Å². The molecule has 0 bridgehead atoms. The molecule has 0 unspecified atom stereocenters. The van der Waals surface area contributed by atoms with Crippen LogP contribution in [0.15, 0.2) is 4.42 Å². The molecule has 0 saturated carbocycles. The lowest BCUT2D eigenvalue weighted by molar-refractivity contribution is -0.121. The molecule has 27 heavy (non-hydrogen) atoms. The van der Waals surface area contributed by atoms with Gasteiger partial charge in [-0.15, -0.1) is 0 Å². The number of carbonyl (C=O) groups excluding carboxylic acids is 2. The normalized spacial score (nSPS) is 15.7. The summed E-state index contributed by atoms with van der Waals surface area (Å²) in [6.45, 7) is 11.4. The van der Waals surface area contributed by atoms with E-state index < -0.39 is 0 Å². The third-order valence-corrected chi connectivity index (χ3v) is 4.78. The van der Waals surface area contributed by atoms with Crippen molar-refractivity contribution in [3.8, 4) is 0 Å². The van der Waals surface area contributed by atoms with Gasteiger partial charge in [0.2, 0.25) is 11.8 Å². The zero-order chi connectivity index (χ0) is 19.8. The molecule has 1 aromatic heterocycles. The van der Waals surface area contributed by atoms with E-state index in [1.54, 1.807) is 0 Å². The van der Waals surface area contributed by atoms with Crippen LogP contribution in [0.25, 0.3) is 0 Å². The Hall–Kier alpha value is -2.09. The molecule has 1 aliphatic rings. The molecule has 152 valence electrons. The molecule has 8 nitrogen and oxygen atoms in total. The quantitative estimate of drug-likeness (QED) is 0.639. The van der Waals surface area contributed by atoms with Crippen molar-refractivity contribution in [1.29, 1.82) is 0 Å². The third-order valence-electron chi connectivity index (χ3n) is 4.78. The summed E-state index contributed by atoms with van der Waals surface area (Å²) in [7, 11) is 0. The lowest BCUT2D eigenvalue weighted by Gasteiger charge is -2.31.